The van der Waals surface area contributed by atoms with E-state index in [1.54, 1.807) is 6.07 Å². The molecule has 0 spiro atoms. The number of hydrogen-bond donors (Lipinski definition) is 4. The maximum absolute atomic E-state index is 15.1. The van der Waals surface area contributed by atoms with Crippen molar-refractivity contribution in [1.29, 1.82) is 0 Å². The topological polar surface area (TPSA) is 149 Å². The number of carbonyl (C=O) groups excluding carboxylic acids is 1. The second-order valence-electron chi connectivity index (χ2n) is 10.3. The summed E-state index contributed by atoms with van der Waals surface area (Å²) in [5, 5.41) is 12.9. The quantitative estimate of drug-likeness (QED) is 0.350. The van der Waals surface area contributed by atoms with Gasteiger partial charge in [-0.25, -0.2) is 18.2 Å². The molecule has 1 amide bonds. The van der Waals surface area contributed by atoms with E-state index in [0.717, 1.165) is 18.2 Å². The first-order chi connectivity index (χ1) is 19.6. The van der Waals surface area contributed by atoms with Gasteiger partial charge < -0.3 is 36.3 Å². The Labute approximate surface area is 234 Å². The number of rotatable bonds is 6. The third kappa shape index (κ3) is 6.06. The minimum atomic E-state index is -1.11. The number of aliphatic hydroxyl groups is 1. The lowest BCUT2D eigenvalue weighted by Gasteiger charge is -2.40. The standard InChI is InChI=1S/C28H31F3N6O4/c1-14-12-37(13-21(33)27(14)38)23-2-5-34-11-22(23)35-28(39)26-20(32)10-19(31)25(36-26)24-17(29)8-16(9-18(24)30)41-15-3-6-40-7-4-15/h2,5,8-11,14-15,21,27,38H,3-4,6-7,12-13,32-33H2,1H3,(H,35,39)/t14-,21+,27+/m0/s1. The molecular formula is C28H31F3N6O4. The van der Waals surface area contributed by atoms with E-state index in [-0.39, 0.29) is 29.1 Å². The Morgan fingerprint density at radius 1 is 1.15 bits per heavy atom. The van der Waals surface area contributed by atoms with E-state index in [1.165, 1.54) is 12.4 Å². The molecule has 0 saturated carbocycles. The molecule has 0 unspecified atom stereocenters. The second-order valence-corrected chi connectivity index (χ2v) is 10.3. The number of pyridine rings is 2. The molecule has 1 aromatic carbocycles. The average molecular weight is 573 g/mol. The summed E-state index contributed by atoms with van der Waals surface area (Å²) < 4.78 is 56.2. The van der Waals surface area contributed by atoms with Crippen molar-refractivity contribution in [1.82, 2.24) is 9.97 Å². The van der Waals surface area contributed by atoms with Gasteiger partial charge in [-0.15, -0.1) is 0 Å². The van der Waals surface area contributed by atoms with Crippen molar-refractivity contribution in [3.63, 3.8) is 0 Å². The van der Waals surface area contributed by atoms with Gasteiger partial charge in [0.15, 0.2) is 11.5 Å². The van der Waals surface area contributed by atoms with Crippen molar-refractivity contribution in [2.24, 2.45) is 11.7 Å². The van der Waals surface area contributed by atoms with Crippen LogP contribution in [0, 0.1) is 23.4 Å². The number of halogens is 3. The summed E-state index contributed by atoms with van der Waals surface area (Å²) in [6.07, 6.45) is 3.16. The predicted molar refractivity (Wildman–Crippen MR) is 146 cm³/mol. The minimum absolute atomic E-state index is 0.0483. The molecule has 0 aliphatic carbocycles. The van der Waals surface area contributed by atoms with Gasteiger partial charge in [-0.3, -0.25) is 9.78 Å². The van der Waals surface area contributed by atoms with Crippen LogP contribution in [0.15, 0.2) is 36.7 Å². The van der Waals surface area contributed by atoms with E-state index in [1.807, 2.05) is 11.8 Å². The molecule has 13 heteroatoms. The van der Waals surface area contributed by atoms with Crippen LogP contribution in [0.4, 0.5) is 30.2 Å². The van der Waals surface area contributed by atoms with Gasteiger partial charge >= 0.3 is 0 Å². The average Bonchev–Trinajstić information content (AvgIpc) is 2.93. The van der Waals surface area contributed by atoms with Crippen LogP contribution in [0.2, 0.25) is 0 Å². The minimum Gasteiger partial charge on any atom is -0.490 e. The Balaban J connectivity index is 1.42. The fraction of sp³-hybridized carbons (Fsp3) is 0.393. The van der Waals surface area contributed by atoms with Gasteiger partial charge in [0.25, 0.3) is 5.91 Å². The molecule has 0 bridgehead atoms. The number of hydrogen-bond acceptors (Lipinski definition) is 9. The van der Waals surface area contributed by atoms with Gasteiger partial charge in [0, 0.05) is 62.3 Å². The number of nitrogens with two attached hydrogens (primary N) is 2. The van der Waals surface area contributed by atoms with Crippen LogP contribution < -0.4 is 26.4 Å². The van der Waals surface area contributed by atoms with Crippen LogP contribution in [0.1, 0.15) is 30.3 Å². The molecule has 3 atom stereocenters. The van der Waals surface area contributed by atoms with E-state index in [4.69, 9.17) is 20.9 Å². The van der Waals surface area contributed by atoms with Gasteiger partial charge in [-0.2, -0.15) is 0 Å². The first-order valence-electron chi connectivity index (χ1n) is 13.3. The van der Waals surface area contributed by atoms with Crippen LogP contribution >= 0.6 is 0 Å². The van der Waals surface area contributed by atoms with Crippen LogP contribution in [-0.2, 0) is 4.74 Å². The summed E-state index contributed by atoms with van der Waals surface area (Å²) in [5.74, 6) is -4.35. The summed E-state index contributed by atoms with van der Waals surface area (Å²) in [6, 6.07) is 3.86. The Morgan fingerprint density at radius 3 is 2.54 bits per heavy atom. The predicted octanol–water partition coefficient (Wildman–Crippen LogP) is 3.10. The number of anilines is 3. The Morgan fingerprint density at radius 2 is 1.85 bits per heavy atom. The highest BCUT2D eigenvalue weighted by atomic mass is 19.1. The first kappa shape index (κ1) is 28.6. The number of aliphatic hydroxyl groups excluding tert-OH is 1. The van der Waals surface area contributed by atoms with Gasteiger partial charge in [0.05, 0.1) is 48.1 Å². The summed E-state index contributed by atoms with van der Waals surface area (Å²) in [4.78, 5) is 23.2. The van der Waals surface area contributed by atoms with Crippen molar-refractivity contribution in [2.45, 2.75) is 38.0 Å². The molecule has 2 aliphatic heterocycles. The number of benzene rings is 1. The third-order valence-electron chi connectivity index (χ3n) is 7.29. The smallest absolute Gasteiger partial charge is 0.276 e. The summed E-state index contributed by atoms with van der Waals surface area (Å²) in [5.41, 5.74) is 10.6. The van der Waals surface area contributed by atoms with Crippen LogP contribution in [0.5, 0.6) is 5.75 Å². The van der Waals surface area contributed by atoms with E-state index >= 15 is 8.78 Å². The number of nitrogens with zero attached hydrogens (tertiary/aromatic N) is 3. The number of amides is 1. The second kappa shape index (κ2) is 11.9. The molecule has 2 aromatic heterocycles. The van der Waals surface area contributed by atoms with Gasteiger partial charge in [-0.05, 0) is 6.07 Å². The number of nitrogen functional groups attached to an aromatic ring is 1. The lowest BCUT2D eigenvalue weighted by molar-refractivity contribution is 0.0253. The van der Waals surface area contributed by atoms with Gasteiger partial charge in [-0.1, -0.05) is 6.92 Å². The first-order valence-corrected chi connectivity index (χ1v) is 13.3. The van der Waals surface area contributed by atoms with E-state index in [0.29, 0.717) is 44.8 Å². The maximum atomic E-state index is 15.1. The summed E-state index contributed by atoms with van der Waals surface area (Å²) in [7, 11) is 0. The molecule has 4 heterocycles. The SMILES string of the molecule is C[C@H]1CN(c2ccncc2NC(=O)c2nc(-c3c(F)cc(OC4CCOCC4)cc3F)c(F)cc2N)C[C@@H](N)[C@@H]1O. The van der Waals surface area contributed by atoms with E-state index in [2.05, 4.69) is 15.3 Å². The molecule has 41 heavy (non-hydrogen) atoms. The van der Waals surface area contributed by atoms with Crippen LogP contribution in [0.3, 0.4) is 0 Å². The molecule has 2 aliphatic rings. The number of piperidine rings is 1. The number of nitrogens with one attached hydrogen (secondary N) is 1. The molecule has 2 saturated heterocycles. The van der Waals surface area contributed by atoms with Crippen LogP contribution in [-0.4, -0.2) is 65.5 Å². The molecule has 218 valence electrons. The molecule has 5 rings (SSSR count). The van der Waals surface area contributed by atoms with E-state index < -0.39 is 52.5 Å². The highest BCUT2D eigenvalue weighted by Crippen LogP contribution is 2.34. The fourth-order valence-corrected chi connectivity index (χ4v) is 5.14. The van der Waals surface area contributed by atoms with Gasteiger partial charge in [0.2, 0.25) is 0 Å². The molecule has 10 nitrogen and oxygen atoms in total. The van der Waals surface area contributed by atoms with Gasteiger partial charge in [0.1, 0.15) is 29.2 Å². The normalized spacial score (nSPS) is 21.5. The number of ether oxygens (including phenoxy) is 2. The lowest BCUT2D eigenvalue weighted by Crippen LogP contribution is -2.55. The van der Waals surface area contributed by atoms with Crippen molar-refractivity contribution in [2.75, 3.05) is 42.3 Å². The monoisotopic (exact) mass is 572 g/mol. The molecule has 0 radical (unpaired) electrons. The Kier molecular flexibility index (Phi) is 8.29. The van der Waals surface area contributed by atoms with Crippen LogP contribution in [0.25, 0.3) is 11.3 Å². The van der Waals surface area contributed by atoms with E-state index in [9.17, 15) is 14.3 Å². The van der Waals surface area contributed by atoms with Crippen molar-refractivity contribution < 1.29 is 32.5 Å². The molecular weight excluding hydrogens is 541 g/mol. The highest BCUT2D eigenvalue weighted by Gasteiger charge is 2.32. The Bertz CT molecular complexity index is 1400. The van der Waals surface area contributed by atoms with Crippen molar-refractivity contribution >= 4 is 23.0 Å². The summed E-state index contributed by atoms with van der Waals surface area (Å²) >= 11 is 0. The molecule has 2 fully saturated rings. The molecule has 6 N–H and O–H groups in total. The highest BCUT2D eigenvalue weighted by molar-refractivity contribution is 6.08. The van der Waals surface area contributed by atoms with Crippen molar-refractivity contribution in [3.8, 4) is 17.0 Å². The zero-order chi connectivity index (χ0) is 29.3. The lowest BCUT2D eigenvalue weighted by atomic mass is 9.92. The number of aromatic nitrogens is 2. The Hall–Kier alpha value is -3.94. The third-order valence-corrected chi connectivity index (χ3v) is 7.29. The molecule has 3 aromatic rings. The zero-order valence-electron chi connectivity index (χ0n) is 22.3. The fourth-order valence-electron chi connectivity index (χ4n) is 5.14. The number of carbonyl (C=O) groups is 1. The zero-order valence-corrected chi connectivity index (χ0v) is 22.3. The maximum Gasteiger partial charge on any atom is 0.276 e. The largest absolute Gasteiger partial charge is 0.490 e. The summed E-state index contributed by atoms with van der Waals surface area (Å²) in [6.45, 7) is 3.62. The van der Waals surface area contributed by atoms with Crippen molar-refractivity contribution in [3.05, 3.63) is 59.8 Å².